The summed E-state index contributed by atoms with van der Waals surface area (Å²) in [5.41, 5.74) is 1.82. The van der Waals surface area contributed by atoms with E-state index in [1.165, 1.54) is 0 Å². The molecule has 0 spiro atoms. The number of nitrogens with zero attached hydrogens (tertiary/aromatic N) is 3. The van der Waals surface area contributed by atoms with Crippen molar-refractivity contribution in [3.63, 3.8) is 0 Å². The molecule has 1 aromatic heterocycles. The molecule has 0 N–H and O–H groups in total. The minimum atomic E-state index is -3.92. The number of aromatic nitrogens is 3. The molecule has 0 saturated heterocycles. The van der Waals surface area contributed by atoms with Crippen molar-refractivity contribution in [1.82, 2.24) is 14.8 Å². The third-order valence-corrected chi connectivity index (χ3v) is 5.62. The van der Waals surface area contributed by atoms with Crippen LogP contribution in [0.4, 0.5) is 0 Å². The average molecular weight is 433 g/mol. The van der Waals surface area contributed by atoms with Crippen LogP contribution in [0.5, 0.6) is 5.75 Å². The Labute approximate surface area is 179 Å². The van der Waals surface area contributed by atoms with Gasteiger partial charge in [0.1, 0.15) is 22.9 Å². The van der Waals surface area contributed by atoms with E-state index < -0.39 is 21.6 Å². The zero-order valence-electron chi connectivity index (χ0n) is 16.5. The summed E-state index contributed by atoms with van der Waals surface area (Å²) in [6.07, 6.45) is 0. The summed E-state index contributed by atoms with van der Waals surface area (Å²) in [6.45, 7) is -0.185. The Hall–Kier alpha value is -3.78. The number of hydrogen-bond acceptors (Lipinski definition) is 6. The maximum atomic E-state index is 12.6. The lowest BCUT2D eigenvalue weighted by atomic mass is 10.0. The van der Waals surface area contributed by atoms with Crippen molar-refractivity contribution in [2.75, 3.05) is 5.75 Å². The molecule has 0 aliphatic heterocycles. The minimum absolute atomic E-state index is 0.185. The number of aryl methyl sites for hydroxylation is 1. The summed E-state index contributed by atoms with van der Waals surface area (Å²) in [6, 6.07) is 26.8. The van der Waals surface area contributed by atoms with Gasteiger partial charge in [-0.2, -0.15) is 18.5 Å². The van der Waals surface area contributed by atoms with E-state index in [1.807, 2.05) is 60.7 Å². The lowest BCUT2D eigenvalue weighted by Crippen LogP contribution is -2.30. The molecule has 0 atom stereocenters. The van der Waals surface area contributed by atoms with Crippen LogP contribution < -0.4 is 9.87 Å². The van der Waals surface area contributed by atoms with Gasteiger partial charge in [-0.3, -0.25) is 0 Å². The standard InChI is InChI=1S/C23H19N3O4S/c27-23-24-21(18-10-4-1-5-11-18)22(19-12-6-2-7-13-19)25-26(23)16-17-31(28,29)30-20-14-8-3-9-15-20/h1-15H,16-17H2. The van der Waals surface area contributed by atoms with Crippen LogP contribution in [-0.2, 0) is 16.7 Å². The Bertz CT molecular complexity index is 1320. The Balaban J connectivity index is 1.67. The van der Waals surface area contributed by atoms with Crippen LogP contribution in [0.25, 0.3) is 22.5 Å². The van der Waals surface area contributed by atoms with Gasteiger partial charge in [0.2, 0.25) is 0 Å². The smallest absolute Gasteiger partial charge is 0.364 e. The lowest BCUT2D eigenvalue weighted by Gasteiger charge is -2.12. The highest BCUT2D eigenvalue weighted by molar-refractivity contribution is 7.87. The second-order valence-corrected chi connectivity index (χ2v) is 8.40. The third-order valence-electron chi connectivity index (χ3n) is 4.49. The summed E-state index contributed by atoms with van der Waals surface area (Å²) < 4.78 is 30.8. The first-order valence-corrected chi connectivity index (χ1v) is 11.2. The summed E-state index contributed by atoms with van der Waals surface area (Å²) in [7, 11) is -3.92. The van der Waals surface area contributed by atoms with Crippen LogP contribution in [0.15, 0.2) is 95.8 Å². The van der Waals surface area contributed by atoms with E-state index in [2.05, 4.69) is 10.1 Å². The fourth-order valence-corrected chi connectivity index (χ4v) is 3.90. The van der Waals surface area contributed by atoms with Gasteiger partial charge in [-0.05, 0) is 12.1 Å². The van der Waals surface area contributed by atoms with Gasteiger partial charge in [-0.1, -0.05) is 78.9 Å². The van der Waals surface area contributed by atoms with Gasteiger partial charge in [-0.25, -0.2) is 9.48 Å². The van der Waals surface area contributed by atoms with Crippen LogP contribution in [0.1, 0.15) is 0 Å². The molecular weight excluding hydrogens is 414 g/mol. The van der Waals surface area contributed by atoms with Gasteiger partial charge >= 0.3 is 15.8 Å². The molecule has 156 valence electrons. The Morgan fingerprint density at radius 1 is 0.742 bits per heavy atom. The molecule has 0 saturated carbocycles. The Morgan fingerprint density at radius 2 is 1.26 bits per heavy atom. The van der Waals surface area contributed by atoms with Gasteiger partial charge in [0.15, 0.2) is 0 Å². The van der Waals surface area contributed by atoms with Crippen molar-refractivity contribution in [3.8, 4) is 28.3 Å². The molecule has 4 rings (SSSR count). The molecule has 0 bridgehead atoms. The first-order valence-electron chi connectivity index (χ1n) is 9.59. The highest BCUT2D eigenvalue weighted by atomic mass is 32.2. The third kappa shape index (κ3) is 5.04. The van der Waals surface area contributed by atoms with Crippen molar-refractivity contribution in [2.45, 2.75) is 6.54 Å². The number of rotatable bonds is 7. The van der Waals surface area contributed by atoms with E-state index in [-0.39, 0.29) is 12.3 Å². The topological polar surface area (TPSA) is 91.1 Å². The molecule has 7 nitrogen and oxygen atoms in total. The predicted molar refractivity (Wildman–Crippen MR) is 118 cm³/mol. The van der Waals surface area contributed by atoms with E-state index in [9.17, 15) is 13.2 Å². The first kappa shape index (κ1) is 20.5. The Morgan fingerprint density at radius 3 is 1.84 bits per heavy atom. The van der Waals surface area contributed by atoms with Crippen molar-refractivity contribution in [2.24, 2.45) is 0 Å². The molecule has 0 fully saturated rings. The van der Waals surface area contributed by atoms with Gasteiger partial charge in [0.25, 0.3) is 0 Å². The van der Waals surface area contributed by atoms with Crippen LogP contribution in [-0.4, -0.2) is 28.9 Å². The molecule has 0 aliphatic carbocycles. The number of hydrogen-bond donors (Lipinski definition) is 0. The molecule has 0 aliphatic rings. The SMILES string of the molecule is O=c1nc(-c2ccccc2)c(-c2ccccc2)nn1CCS(=O)(=O)Oc1ccccc1. The van der Waals surface area contributed by atoms with Gasteiger partial charge in [-0.15, -0.1) is 0 Å². The maximum Gasteiger partial charge on any atom is 0.364 e. The summed E-state index contributed by atoms with van der Waals surface area (Å²) >= 11 is 0. The van der Waals surface area contributed by atoms with Gasteiger partial charge in [0, 0.05) is 11.1 Å². The summed E-state index contributed by atoms with van der Waals surface area (Å²) in [5, 5.41) is 4.45. The zero-order valence-corrected chi connectivity index (χ0v) is 17.3. The van der Waals surface area contributed by atoms with Crippen LogP contribution in [0, 0.1) is 0 Å². The fourth-order valence-electron chi connectivity index (χ4n) is 3.01. The maximum absolute atomic E-state index is 12.6. The molecule has 0 unspecified atom stereocenters. The van der Waals surface area contributed by atoms with Crippen LogP contribution >= 0.6 is 0 Å². The van der Waals surface area contributed by atoms with E-state index in [4.69, 9.17) is 4.18 Å². The summed E-state index contributed by atoms with van der Waals surface area (Å²) in [5.74, 6) is -0.208. The van der Waals surface area contributed by atoms with Crippen LogP contribution in [0.2, 0.25) is 0 Å². The highest BCUT2D eigenvalue weighted by Gasteiger charge is 2.18. The largest absolute Gasteiger partial charge is 0.382 e. The molecule has 0 amide bonds. The molecule has 1 heterocycles. The molecule has 31 heavy (non-hydrogen) atoms. The Kier molecular flexibility index (Phi) is 5.90. The van der Waals surface area contributed by atoms with E-state index in [0.717, 1.165) is 15.8 Å². The average Bonchev–Trinajstić information content (AvgIpc) is 2.79. The lowest BCUT2D eigenvalue weighted by molar-refractivity contribution is 0.476. The second-order valence-electron chi connectivity index (χ2n) is 6.70. The van der Waals surface area contributed by atoms with E-state index >= 15 is 0 Å². The van der Waals surface area contributed by atoms with Crippen molar-refractivity contribution < 1.29 is 12.6 Å². The molecule has 8 heteroatoms. The predicted octanol–water partition coefficient (Wildman–Crippen LogP) is 3.38. The monoisotopic (exact) mass is 433 g/mol. The minimum Gasteiger partial charge on any atom is -0.382 e. The zero-order chi connectivity index (χ0) is 21.7. The molecule has 4 aromatic rings. The van der Waals surface area contributed by atoms with E-state index in [0.29, 0.717) is 11.4 Å². The summed E-state index contributed by atoms with van der Waals surface area (Å²) in [4.78, 5) is 16.8. The molecule has 0 radical (unpaired) electrons. The molecule has 3 aromatic carbocycles. The number of para-hydroxylation sites is 1. The van der Waals surface area contributed by atoms with E-state index in [1.54, 1.807) is 30.3 Å². The van der Waals surface area contributed by atoms with Gasteiger partial charge in [0.05, 0.1) is 6.54 Å². The number of benzene rings is 3. The normalized spacial score (nSPS) is 11.2. The van der Waals surface area contributed by atoms with Crippen molar-refractivity contribution >= 4 is 10.1 Å². The van der Waals surface area contributed by atoms with Crippen LogP contribution in [0.3, 0.4) is 0 Å². The first-order chi connectivity index (χ1) is 15.0. The second kappa shape index (κ2) is 8.93. The molecular formula is C23H19N3O4S. The highest BCUT2D eigenvalue weighted by Crippen LogP contribution is 2.27. The van der Waals surface area contributed by atoms with Gasteiger partial charge < -0.3 is 4.18 Å². The van der Waals surface area contributed by atoms with Crippen molar-refractivity contribution in [3.05, 3.63) is 101 Å². The quantitative estimate of drug-likeness (QED) is 0.415. The van der Waals surface area contributed by atoms with Crippen molar-refractivity contribution in [1.29, 1.82) is 0 Å². The fraction of sp³-hybridized carbons (Fsp3) is 0.0870.